The van der Waals surface area contributed by atoms with Gasteiger partial charge in [0.15, 0.2) is 0 Å². The molecule has 0 aliphatic heterocycles. The highest BCUT2D eigenvalue weighted by Gasteiger charge is 2.28. The van der Waals surface area contributed by atoms with Crippen LogP contribution < -0.4 is 5.32 Å². The molecule has 2 aromatic heterocycles. The minimum atomic E-state index is -0.384. The molecule has 0 spiro atoms. The molecule has 1 amide bonds. The zero-order valence-electron chi connectivity index (χ0n) is 17.8. The zero-order chi connectivity index (χ0) is 22.0. The van der Waals surface area contributed by atoms with Gasteiger partial charge in [-0.25, -0.2) is 4.79 Å². The molecule has 0 saturated heterocycles. The summed E-state index contributed by atoms with van der Waals surface area (Å²) in [6.07, 6.45) is 3.64. The van der Waals surface area contributed by atoms with Crippen molar-refractivity contribution in [1.29, 1.82) is 0 Å². The van der Waals surface area contributed by atoms with Crippen molar-refractivity contribution in [2.45, 2.75) is 59.1 Å². The van der Waals surface area contributed by atoms with Gasteiger partial charge >= 0.3 is 5.97 Å². The lowest BCUT2D eigenvalue weighted by molar-refractivity contribution is -0.117. The fourth-order valence-electron chi connectivity index (χ4n) is 3.57. The first-order valence-corrected chi connectivity index (χ1v) is 11.2. The average molecular weight is 440 g/mol. The van der Waals surface area contributed by atoms with Crippen LogP contribution in [0.1, 0.15) is 53.1 Å². The Labute approximate surface area is 184 Å². The van der Waals surface area contributed by atoms with Crippen LogP contribution >= 0.6 is 11.3 Å². The number of aromatic nitrogens is 4. The monoisotopic (exact) mass is 439 g/mol. The first-order chi connectivity index (χ1) is 14.9. The molecule has 1 aliphatic rings. The van der Waals surface area contributed by atoms with Crippen LogP contribution in [0.2, 0.25) is 0 Å². The molecule has 9 heteroatoms. The third-order valence-electron chi connectivity index (χ3n) is 5.02. The summed E-state index contributed by atoms with van der Waals surface area (Å²) in [5, 5.41) is 15.7. The minimum absolute atomic E-state index is 0.0971. The van der Waals surface area contributed by atoms with Gasteiger partial charge in [0.1, 0.15) is 11.5 Å². The highest BCUT2D eigenvalue weighted by Crippen LogP contribution is 2.38. The number of rotatable bonds is 6. The van der Waals surface area contributed by atoms with Crippen LogP contribution in [0.15, 0.2) is 24.3 Å². The Morgan fingerprint density at radius 2 is 1.94 bits per heavy atom. The van der Waals surface area contributed by atoms with Crippen LogP contribution in [-0.2, 0) is 28.9 Å². The standard InChI is InChI=1S/C22H25N5O3S/c1-13(2)30-22(29)19-16-6-4-5-7-17(16)31-21(19)23-18(28)12-27-25-20(24-26-27)15-10-8-14(3)9-11-15/h8-11,13H,4-7,12H2,1-3H3,(H,23,28). The number of esters is 1. The first-order valence-electron chi connectivity index (χ1n) is 10.4. The molecule has 0 fully saturated rings. The summed E-state index contributed by atoms with van der Waals surface area (Å²) in [4.78, 5) is 27.8. The molecule has 162 valence electrons. The van der Waals surface area contributed by atoms with Crippen LogP contribution in [-0.4, -0.2) is 38.2 Å². The van der Waals surface area contributed by atoms with Gasteiger partial charge in [0, 0.05) is 10.4 Å². The van der Waals surface area contributed by atoms with E-state index in [1.807, 2.05) is 45.0 Å². The van der Waals surface area contributed by atoms with Crippen LogP contribution in [0.3, 0.4) is 0 Å². The van der Waals surface area contributed by atoms with Gasteiger partial charge in [0.25, 0.3) is 0 Å². The quantitative estimate of drug-likeness (QED) is 0.587. The lowest BCUT2D eigenvalue weighted by Crippen LogP contribution is -2.22. The fraction of sp³-hybridized carbons (Fsp3) is 0.409. The topological polar surface area (TPSA) is 99.0 Å². The molecule has 31 heavy (non-hydrogen) atoms. The lowest BCUT2D eigenvalue weighted by Gasteiger charge is -2.14. The molecular weight excluding hydrogens is 414 g/mol. The van der Waals surface area contributed by atoms with Crippen molar-refractivity contribution in [1.82, 2.24) is 20.2 Å². The number of ether oxygens (including phenoxy) is 1. The Kier molecular flexibility index (Phi) is 6.13. The van der Waals surface area contributed by atoms with Gasteiger partial charge in [-0.15, -0.1) is 21.5 Å². The van der Waals surface area contributed by atoms with Crippen LogP contribution in [0.4, 0.5) is 5.00 Å². The second-order valence-corrected chi connectivity index (χ2v) is 9.03. The van der Waals surface area contributed by atoms with Gasteiger partial charge in [-0.1, -0.05) is 29.8 Å². The summed E-state index contributed by atoms with van der Waals surface area (Å²) in [5.74, 6) is -0.240. The molecule has 4 rings (SSSR count). The van der Waals surface area contributed by atoms with Crippen molar-refractivity contribution in [3.8, 4) is 11.4 Å². The number of nitrogens with one attached hydrogen (secondary N) is 1. The number of fused-ring (bicyclic) bond motifs is 1. The SMILES string of the molecule is Cc1ccc(-c2nnn(CC(=O)Nc3sc4c(c3C(=O)OC(C)C)CCCC4)n2)cc1. The number of nitrogens with zero attached hydrogens (tertiary/aromatic N) is 4. The summed E-state index contributed by atoms with van der Waals surface area (Å²) in [6.45, 7) is 5.54. The van der Waals surface area contributed by atoms with Crippen LogP contribution in [0.5, 0.6) is 0 Å². The van der Waals surface area contributed by atoms with E-state index < -0.39 is 0 Å². The molecule has 1 N–H and O–H groups in total. The van der Waals surface area contributed by atoms with Crippen molar-refractivity contribution < 1.29 is 14.3 Å². The number of aryl methyl sites for hydroxylation is 2. The second-order valence-electron chi connectivity index (χ2n) is 7.93. The molecule has 0 saturated carbocycles. The Hall–Kier alpha value is -3.07. The summed E-state index contributed by atoms with van der Waals surface area (Å²) in [6, 6.07) is 7.78. The van der Waals surface area contributed by atoms with Crippen LogP contribution in [0.25, 0.3) is 11.4 Å². The number of benzene rings is 1. The van der Waals surface area contributed by atoms with E-state index in [-0.39, 0.29) is 24.5 Å². The number of hydrogen-bond donors (Lipinski definition) is 1. The van der Waals surface area contributed by atoms with Gasteiger partial charge in [-0.05, 0) is 57.2 Å². The Balaban J connectivity index is 1.50. The van der Waals surface area contributed by atoms with E-state index in [1.54, 1.807) is 0 Å². The van der Waals surface area contributed by atoms with Gasteiger partial charge in [0.2, 0.25) is 11.7 Å². The summed E-state index contributed by atoms with van der Waals surface area (Å²) in [5.41, 5.74) is 3.48. The number of carbonyl (C=O) groups is 2. The third kappa shape index (κ3) is 4.82. The number of hydrogen-bond acceptors (Lipinski definition) is 7. The maximum atomic E-state index is 12.7. The normalized spacial score (nSPS) is 13.2. The van der Waals surface area contributed by atoms with Crippen LogP contribution in [0, 0.1) is 6.92 Å². The molecule has 0 atom stereocenters. The van der Waals surface area contributed by atoms with Gasteiger partial charge < -0.3 is 10.1 Å². The van der Waals surface area contributed by atoms with Gasteiger partial charge in [-0.2, -0.15) is 4.80 Å². The van der Waals surface area contributed by atoms with E-state index in [2.05, 4.69) is 20.7 Å². The number of anilines is 1. The summed E-state index contributed by atoms with van der Waals surface area (Å²) >= 11 is 1.46. The maximum absolute atomic E-state index is 12.7. The van der Waals surface area contributed by atoms with Crippen molar-refractivity contribution in [2.24, 2.45) is 0 Å². The smallest absolute Gasteiger partial charge is 0.341 e. The lowest BCUT2D eigenvalue weighted by atomic mass is 9.95. The number of carbonyl (C=O) groups excluding carboxylic acids is 2. The molecule has 1 aliphatic carbocycles. The van der Waals surface area contributed by atoms with Crippen molar-refractivity contribution >= 4 is 28.2 Å². The molecule has 2 heterocycles. The maximum Gasteiger partial charge on any atom is 0.341 e. The molecule has 1 aromatic carbocycles. The summed E-state index contributed by atoms with van der Waals surface area (Å²) in [7, 11) is 0. The number of amides is 1. The Morgan fingerprint density at radius 1 is 1.19 bits per heavy atom. The molecular formula is C22H25N5O3S. The molecule has 0 radical (unpaired) electrons. The zero-order valence-corrected chi connectivity index (χ0v) is 18.7. The summed E-state index contributed by atoms with van der Waals surface area (Å²) < 4.78 is 5.44. The molecule has 0 unspecified atom stereocenters. The Morgan fingerprint density at radius 3 is 2.68 bits per heavy atom. The van der Waals surface area contributed by atoms with E-state index in [1.165, 1.54) is 16.1 Å². The molecule has 8 nitrogen and oxygen atoms in total. The molecule has 0 bridgehead atoms. The van der Waals surface area contributed by atoms with Crippen molar-refractivity contribution in [2.75, 3.05) is 5.32 Å². The van der Waals surface area contributed by atoms with Crippen molar-refractivity contribution in [3.63, 3.8) is 0 Å². The minimum Gasteiger partial charge on any atom is -0.459 e. The highest BCUT2D eigenvalue weighted by molar-refractivity contribution is 7.17. The second kappa shape index (κ2) is 8.97. The first kappa shape index (κ1) is 21.2. The van der Waals surface area contributed by atoms with E-state index in [0.29, 0.717) is 16.4 Å². The predicted octanol–water partition coefficient (Wildman–Crippen LogP) is 3.79. The van der Waals surface area contributed by atoms with E-state index in [9.17, 15) is 9.59 Å². The van der Waals surface area contributed by atoms with Gasteiger partial charge in [-0.3, -0.25) is 4.79 Å². The largest absolute Gasteiger partial charge is 0.459 e. The average Bonchev–Trinajstić information content (AvgIpc) is 3.32. The fourth-order valence-corrected chi connectivity index (χ4v) is 4.86. The number of thiophene rings is 1. The molecule has 3 aromatic rings. The van der Waals surface area contributed by atoms with E-state index in [4.69, 9.17) is 4.74 Å². The van der Waals surface area contributed by atoms with E-state index >= 15 is 0 Å². The van der Waals surface area contributed by atoms with E-state index in [0.717, 1.165) is 47.3 Å². The highest BCUT2D eigenvalue weighted by atomic mass is 32.1. The third-order valence-corrected chi connectivity index (χ3v) is 6.23. The Bertz CT molecular complexity index is 1100. The predicted molar refractivity (Wildman–Crippen MR) is 118 cm³/mol. The van der Waals surface area contributed by atoms with Gasteiger partial charge in [0.05, 0.1) is 11.7 Å². The number of tetrazole rings is 1. The van der Waals surface area contributed by atoms with Crippen molar-refractivity contribution in [3.05, 3.63) is 45.8 Å².